The van der Waals surface area contributed by atoms with Gasteiger partial charge in [-0.25, -0.2) is 12.8 Å². The van der Waals surface area contributed by atoms with Crippen LogP contribution in [0.15, 0.2) is 65.6 Å². The monoisotopic (exact) mass is 510 g/mol. The maximum Gasteiger partial charge on any atom is 0.264 e. The number of aliphatic hydroxyl groups excluding tert-OH is 1. The van der Waals surface area contributed by atoms with Crippen molar-refractivity contribution in [1.82, 2.24) is 0 Å². The third-order valence-corrected chi connectivity index (χ3v) is 7.30. The molecule has 0 aliphatic carbocycles. The Balaban J connectivity index is 1.72. The summed E-state index contributed by atoms with van der Waals surface area (Å²) in [5.74, 6) is -1.39. The first kappa shape index (κ1) is 23.3. The number of anilines is 2. The number of hydrogen-bond acceptors (Lipinski definition) is 5. The van der Waals surface area contributed by atoms with E-state index in [0.717, 1.165) is 10.4 Å². The smallest absolute Gasteiger partial charge is 0.264 e. The molecule has 0 bridgehead atoms. The van der Waals surface area contributed by atoms with Crippen molar-refractivity contribution in [3.05, 3.63) is 82.1 Å². The van der Waals surface area contributed by atoms with Crippen LogP contribution in [0.2, 0.25) is 10.0 Å². The average molecular weight is 511 g/mol. The van der Waals surface area contributed by atoms with Gasteiger partial charge in [-0.15, -0.1) is 0 Å². The summed E-state index contributed by atoms with van der Waals surface area (Å²) < 4.78 is 47.6. The number of halogens is 3. The summed E-state index contributed by atoms with van der Waals surface area (Å²) in [7, 11) is -4.06. The molecule has 3 aromatic rings. The summed E-state index contributed by atoms with van der Waals surface area (Å²) in [6.07, 6.45) is -0.794. The zero-order chi connectivity index (χ0) is 23.8. The van der Waals surface area contributed by atoms with Gasteiger partial charge in [-0.3, -0.25) is 9.10 Å². The Kier molecular flexibility index (Phi) is 6.49. The minimum absolute atomic E-state index is 0.0102. The van der Waals surface area contributed by atoms with Gasteiger partial charge in [-0.05, 0) is 54.6 Å². The number of hydrogen-bond donors (Lipinski definition) is 2. The molecular weight excluding hydrogens is 494 g/mol. The van der Waals surface area contributed by atoms with Gasteiger partial charge in [0, 0.05) is 10.7 Å². The Morgan fingerprint density at radius 3 is 2.55 bits per heavy atom. The molecule has 1 amide bonds. The molecule has 2 N–H and O–H groups in total. The lowest BCUT2D eigenvalue weighted by Gasteiger charge is -2.35. The van der Waals surface area contributed by atoms with E-state index in [1.165, 1.54) is 54.6 Å². The molecule has 4 rings (SSSR count). The van der Waals surface area contributed by atoms with Gasteiger partial charge >= 0.3 is 0 Å². The van der Waals surface area contributed by atoms with Crippen LogP contribution in [0.25, 0.3) is 0 Å². The molecule has 0 radical (unpaired) electrons. The highest BCUT2D eigenvalue weighted by Crippen LogP contribution is 2.39. The van der Waals surface area contributed by atoms with Gasteiger partial charge in [0.1, 0.15) is 17.7 Å². The maximum atomic E-state index is 14.1. The molecule has 0 unspecified atom stereocenters. The fourth-order valence-electron chi connectivity index (χ4n) is 3.35. The first-order chi connectivity index (χ1) is 15.7. The van der Waals surface area contributed by atoms with Gasteiger partial charge in [0.05, 0.1) is 34.3 Å². The number of benzene rings is 3. The van der Waals surface area contributed by atoms with Gasteiger partial charge in [0.2, 0.25) is 0 Å². The van der Waals surface area contributed by atoms with Crippen molar-refractivity contribution >= 4 is 50.5 Å². The van der Waals surface area contributed by atoms with Crippen LogP contribution in [0.5, 0.6) is 5.75 Å². The van der Waals surface area contributed by atoms with Crippen molar-refractivity contribution in [3.63, 3.8) is 0 Å². The van der Waals surface area contributed by atoms with Crippen LogP contribution < -0.4 is 14.4 Å². The molecule has 0 spiro atoms. The topological polar surface area (TPSA) is 95.9 Å². The second-order valence-electron chi connectivity index (χ2n) is 7.15. The van der Waals surface area contributed by atoms with E-state index < -0.39 is 34.5 Å². The number of fused-ring (bicyclic) bond motifs is 1. The van der Waals surface area contributed by atoms with Crippen LogP contribution >= 0.6 is 23.2 Å². The Morgan fingerprint density at radius 1 is 1.15 bits per heavy atom. The van der Waals surface area contributed by atoms with Crippen LogP contribution in [0.3, 0.4) is 0 Å². The fourth-order valence-corrected chi connectivity index (χ4v) is 5.23. The van der Waals surface area contributed by atoms with Gasteiger partial charge in [0.25, 0.3) is 15.9 Å². The highest BCUT2D eigenvalue weighted by Gasteiger charge is 2.34. The van der Waals surface area contributed by atoms with Crippen LogP contribution in [0, 0.1) is 5.82 Å². The van der Waals surface area contributed by atoms with Crippen molar-refractivity contribution in [2.45, 2.75) is 11.0 Å². The summed E-state index contributed by atoms with van der Waals surface area (Å²) in [5.41, 5.74) is 0.00614. The van der Waals surface area contributed by atoms with Gasteiger partial charge in [-0.2, -0.15) is 0 Å². The van der Waals surface area contributed by atoms with Crippen molar-refractivity contribution in [3.8, 4) is 5.75 Å². The lowest BCUT2D eigenvalue weighted by atomic mass is 10.1. The Bertz CT molecular complexity index is 1300. The lowest BCUT2D eigenvalue weighted by molar-refractivity contribution is 0.102. The molecule has 0 saturated heterocycles. The van der Waals surface area contributed by atoms with Gasteiger partial charge in [-0.1, -0.05) is 29.3 Å². The average Bonchev–Trinajstić information content (AvgIpc) is 2.78. The number of nitrogens with zero attached hydrogens (tertiary/aromatic N) is 1. The standard InChI is InChI=1S/C22H17Cl2FN2O5S/c23-13-4-7-16(8-5-13)33(30,31)27-11-15(12-28)32-20-9-6-14(10-19(20)27)26-22(29)21-17(24)2-1-3-18(21)25/h1-10,15,28H,11-12H2,(H,26,29)/t15-/m1/s1. The molecule has 0 saturated carbocycles. The van der Waals surface area contributed by atoms with E-state index in [2.05, 4.69) is 5.32 Å². The highest BCUT2D eigenvalue weighted by molar-refractivity contribution is 7.92. The van der Waals surface area contributed by atoms with E-state index >= 15 is 0 Å². The molecule has 11 heteroatoms. The number of nitrogens with one attached hydrogen (secondary N) is 1. The maximum absolute atomic E-state index is 14.1. The molecule has 0 aromatic heterocycles. The highest BCUT2D eigenvalue weighted by atomic mass is 35.5. The first-order valence-corrected chi connectivity index (χ1v) is 11.9. The quantitative estimate of drug-likeness (QED) is 0.532. The van der Waals surface area contributed by atoms with Crippen molar-refractivity contribution < 1.29 is 27.4 Å². The third-order valence-electron chi connectivity index (χ3n) is 4.94. The van der Waals surface area contributed by atoms with Gasteiger partial charge in [0.15, 0.2) is 0 Å². The molecule has 33 heavy (non-hydrogen) atoms. The fraction of sp³-hybridized carbons (Fsp3) is 0.136. The van der Waals surface area contributed by atoms with E-state index in [1.807, 2.05) is 0 Å². The number of carbonyl (C=O) groups is 1. The molecule has 1 aliphatic heterocycles. The molecular formula is C22H17Cl2FN2O5S. The molecule has 0 fully saturated rings. The Hall–Kier alpha value is -2.85. The largest absolute Gasteiger partial charge is 0.484 e. The second-order valence-corrected chi connectivity index (χ2v) is 9.85. The van der Waals surface area contributed by atoms with E-state index in [0.29, 0.717) is 5.02 Å². The number of sulfonamides is 1. The number of aliphatic hydroxyl groups is 1. The molecule has 7 nitrogen and oxygen atoms in total. The molecule has 1 heterocycles. The van der Waals surface area contributed by atoms with Crippen molar-refractivity contribution in [2.24, 2.45) is 0 Å². The van der Waals surface area contributed by atoms with Crippen molar-refractivity contribution in [2.75, 3.05) is 22.8 Å². The van der Waals surface area contributed by atoms with E-state index in [9.17, 15) is 22.7 Å². The Morgan fingerprint density at radius 2 is 1.88 bits per heavy atom. The number of ether oxygens (including phenoxy) is 1. The summed E-state index contributed by atoms with van der Waals surface area (Å²) in [6, 6.07) is 13.8. The van der Waals surface area contributed by atoms with Crippen LogP contribution in [-0.2, 0) is 10.0 Å². The number of rotatable bonds is 5. The second kappa shape index (κ2) is 9.18. The summed E-state index contributed by atoms with van der Waals surface area (Å²) in [4.78, 5) is 12.6. The van der Waals surface area contributed by atoms with Crippen LogP contribution in [0.1, 0.15) is 10.4 Å². The minimum atomic E-state index is -4.06. The number of amides is 1. The van der Waals surface area contributed by atoms with E-state index in [1.54, 1.807) is 0 Å². The number of carbonyl (C=O) groups excluding carboxylic acids is 1. The predicted molar refractivity (Wildman–Crippen MR) is 123 cm³/mol. The van der Waals surface area contributed by atoms with E-state index in [-0.39, 0.29) is 39.2 Å². The minimum Gasteiger partial charge on any atom is -0.484 e. The first-order valence-electron chi connectivity index (χ1n) is 9.66. The van der Waals surface area contributed by atoms with E-state index in [4.69, 9.17) is 27.9 Å². The third kappa shape index (κ3) is 4.63. The molecule has 1 atom stereocenters. The Labute approximate surface area is 199 Å². The molecule has 1 aliphatic rings. The summed E-state index contributed by atoms with van der Waals surface area (Å²) >= 11 is 11.8. The lowest BCUT2D eigenvalue weighted by Crippen LogP contribution is -2.45. The van der Waals surface area contributed by atoms with Crippen LogP contribution in [0.4, 0.5) is 15.8 Å². The SMILES string of the molecule is O=C(Nc1ccc2c(c1)N(S(=O)(=O)c1ccc(Cl)cc1)C[C@H](CO)O2)c1c(F)cccc1Cl. The van der Waals surface area contributed by atoms with Crippen molar-refractivity contribution in [1.29, 1.82) is 0 Å². The molecule has 3 aromatic carbocycles. The van der Waals surface area contributed by atoms with Crippen LogP contribution in [-0.4, -0.2) is 38.7 Å². The molecule has 172 valence electrons. The zero-order valence-electron chi connectivity index (χ0n) is 16.8. The zero-order valence-corrected chi connectivity index (χ0v) is 19.2. The summed E-state index contributed by atoms with van der Waals surface area (Å²) in [5, 5.41) is 12.4. The van der Waals surface area contributed by atoms with Gasteiger partial charge < -0.3 is 15.2 Å². The normalized spacial score (nSPS) is 15.5. The predicted octanol–water partition coefficient (Wildman–Crippen LogP) is 4.33. The summed E-state index contributed by atoms with van der Waals surface area (Å²) in [6.45, 7) is -0.568.